The predicted molar refractivity (Wildman–Crippen MR) is 68.8 cm³/mol. The van der Waals surface area contributed by atoms with Crippen LogP contribution in [-0.2, 0) is 4.79 Å². The van der Waals surface area contributed by atoms with E-state index >= 15 is 0 Å². The number of Topliss-reactive ketones (excluding diaryl/α,β-unsaturated/α-hetero) is 1. The number of alkyl halides is 6. The number of rotatable bonds is 3. The van der Waals surface area contributed by atoms with E-state index in [9.17, 15) is 31.1 Å². The molecule has 1 saturated carbocycles. The molecule has 0 radical (unpaired) electrons. The molecule has 21 heavy (non-hydrogen) atoms. The molecule has 0 heterocycles. The Kier molecular flexibility index (Phi) is 4.27. The first kappa shape index (κ1) is 16.5. The van der Waals surface area contributed by atoms with Crippen LogP contribution in [0, 0.1) is 0 Å². The smallest absolute Gasteiger partial charge is 0.297 e. The van der Waals surface area contributed by atoms with Crippen LogP contribution in [0.2, 0.25) is 0 Å². The molecule has 1 aliphatic rings. The van der Waals surface area contributed by atoms with Gasteiger partial charge in [-0.1, -0.05) is 30.3 Å². The van der Waals surface area contributed by atoms with E-state index in [1.807, 2.05) is 0 Å². The number of carbonyl (C=O) groups excluding carboxylic acids is 1. The zero-order chi connectivity index (χ0) is 15.9. The second-order valence-corrected chi connectivity index (χ2v) is 7.23. The van der Waals surface area contributed by atoms with Gasteiger partial charge in [0.2, 0.25) is 0 Å². The van der Waals surface area contributed by atoms with Crippen LogP contribution in [-0.4, -0.2) is 20.9 Å². The molecule has 0 saturated heterocycles. The van der Waals surface area contributed by atoms with Crippen LogP contribution >= 0.6 is 23.5 Å². The summed E-state index contributed by atoms with van der Waals surface area (Å²) in [4.78, 5) is 11.6. The maximum atomic E-state index is 12.6. The summed E-state index contributed by atoms with van der Waals surface area (Å²) in [6.07, 6.45) is -0.323. The maximum Gasteiger partial charge on any atom is 0.443 e. The predicted octanol–water partition coefficient (Wildman–Crippen LogP) is 4.95. The molecular formula is C12H8F6OS2. The second kappa shape index (κ2) is 5.42. The second-order valence-electron chi connectivity index (χ2n) is 4.35. The summed E-state index contributed by atoms with van der Waals surface area (Å²) >= 11 is -1.76. The molecule has 116 valence electrons. The molecule has 0 spiro atoms. The highest BCUT2D eigenvalue weighted by Gasteiger charge is 2.65. The minimum absolute atomic E-state index is 0.297. The first-order valence-electron chi connectivity index (χ1n) is 5.65. The molecule has 0 aromatic heterocycles. The van der Waals surface area contributed by atoms with Gasteiger partial charge < -0.3 is 0 Å². The Bertz CT molecular complexity index is 509. The van der Waals surface area contributed by atoms with Crippen molar-refractivity contribution >= 4 is 29.3 Å². The van der Waals surface area contributed by atoms with Gasteiger partial charge in [0.05, 0.1) is 0 Å². The summed E-state index contributed by atoms with van der Waals surface area (Å²) in [6.45, 7) is 0. The average Bonchev–Trinajstić information content (AvgIpc) is 2.32. The molecule has 1 fully saturated rings. The third kappa shape index (κ3) is 3.68. The number of carbonyl (C=O) groups is 1. The molecule has 0 bridgehead atoms. The molecule has 9 heteroatoms. The van der Waals surface area contributed by atoms with E-state index in [2.05, 4.69) is 0 Å². The van der Waals surface area contributed by atoms with Gasteiger partial charge in [-0.15, -0.1) is 0 Å². The maximum absolute atomic E-state index is 12.6. The quantitative estimate of drug-likeness (QED) is 0.570. The van der Waals surface area contributed by atoms with Gasteiger partial charge >= 0.3 is 11.0 Å². The fourth-order valence-electron chi connectivity index (χ4n) is 2.17. The number of ketones is 1. The minimum Gasteiger partial charge on any atom is -0.297 e. The molecule has 1 nitrogen and oxygen atoms in total. The molecule has 0 aliphatic heterocycles. The molecule has 1 aliphatic carbocycles. The molecule has 1 aromatic rings. The number of thioether (sulfide) groups is 2. The van der Waals surface area contributed by atoms with E-state index in [-0.39, 0.29) is 6.42 Å². The third-order valence-electron chi connectivity index (χ3n) is 2.97. The van der Waals surface area contributed by atoms with Crippen molar-refractivity contribution in [3.63, 3.8) is 0 Å². The van der Waals surface area contributed by atoms with E-state index in [1.165, 1.54) is 24.3 Å². The van der Waals surface area contributed by atoms with Crippen molar-refractivity contribution in [1.82, 2.24) is 0 Å². The van der Waals surface area contributed by atoms with Crippen LogP contribution in [0.1, 0.15) is 17.9 Å². The fourth-order valence-corrected chi connectivity index (χ4v) is 4.71. The van der Waals surface area contributed by atoms with Crippen molar-refractivity contribution in [3.05, 3.63) is 35.9 Å². The van der Waals surface area contributed by atoms with Gasteiger partial charge in [0.25, 0.3) is 0 Å². The highest BCUT2D eigenvalue weighted by atomic mass is 32.2. The Hall–Kier alpha value is -0.830. The van der Waals surface area contributed by atoms with Crippen molar-refractivity contribution in [2.24, 2.45) is 0 Å². The van der Waals surface area contributed by atoms with E-state index in [4.69, 9.17) is 0 Å². The van der Waals surface area contributed by atoms with Crippen molar-refractivity contribution in [3.8, 4) is 0 Å². The van der Waals surface area contributed by atoms with Crippen LogP contribution in [0.3, 0.4) is 0 Å². The average molecular weight is 346 g/mol. The topological polar surface area (TPSA) is 17.1 Å². The molecule has 1 unspecified atom stereocenters. The monoisotopic (exact) mass is 346 g/mol. The lowest BCUT2D eigenvalue weighted by atomic mass is 9.77. The Morgan fingerprint density at radius 1 is 0.952 bits per heavy atom. The van der Waals surface area contributed by atoms with Gasteiger partial charge in [0.15, 0.2) is 5.78 Å². The molecule has 1 aromatic carbocycles. The van der Waals surface area contributed by atoms with Crippen LogP contribution in [0.4, 0.5) is 26.3 Å². The first-order valence-corrected chi connectivity index (χ1v) is 7.29. The van der Waals surface area contributed by atoms with Crippen molar-refractivity contribution in [2.75, 3.05) is 0 Å². The van der Waals surface area contributed by atoms with Crippen molar-refractivity contribution in [2.45, 2.75) is 27.4 Å². The summed E-state index contributed by atoms with van der Waals surface area (Å²) < 4.78 is 73.3. The standard InChI is InChI=1S/C12H8F6OS2/c13-11(14,15)20-10(21-12(16,17)18)8(6-9(10)19)7-4-2-1-3-5-7/h1-5,8H,6H2. The van der Waals surface area contributed by atoms with E-state index in [0.717, 1.165) is 0 Å². The van der Waals surface area contributed by atoms with Gasteiger partial charge in [0.1, 0.15) is 4.08 Å². The number of hydrogen-bond donors (Lipinski definition) is 0. The summed E-state index contributed by atoms with van der Waals surface area (Å²) in [5.74, 6) is -2.16. The van der Waals surface area contributed by atoms with Crippen LogP contribution < -0.4 is 0 Å². The Morgan fingerprint density at radius 2 is 1.43 bits per heavy atom. The van der Waals surface area contributed by atoms with Crippen molar-refractivity contribution in [1.29, 1.82) is 0 Å². The minimum atomic E-state index is -4.93. The van der Waals surface area contributed by atoms with Crippen LogP contribution in [0.25, 0.3) is 0 Å². The molecule has 0 amide bonds. The van der Waals surface area contributed by atoms with Gasteiger partial charge in [-0.05, 0) is 29.1 Å². The lowest BCUT2D eigenvalue weighted by Gasteiger charge is -2.46. The zero-order valence-electron chi connectivity index (χ0n) is 10.2. The zero-order valence-corrected chi connectivity index (χ0v) is 11.8. The fraction of sp³-hybridized carbons (Fsp3) is 0.417. The summed E-state index contributed by atoms with van der Waals surface area (Å²) in [5.41, 5.74) is -9.56. The van der Waals surface area contributed by atoms with Crippen molar-refractivity contribution < 1.29 is 31.1 Å². The highest BCUT2D eigenvalue weighted by Crippen LogP contribution is 2.65. The number of hydrogen-bond acceptors (Lipinski definition) is 3. The van der Waals surface area contributed by atoms with Gasteiger partial charge in [-0.25, -0.2) is 0 Å². The van der Waals surface area contributed by atoms with Gasteiger partial charge in [-0.3, -0.25) is 4.79 Å². The summed E-state index contributed by atoms with van der Waals surface area (Å²) in [7, 11) is 0. The largest absolute Gasteiger partial charge is 0.443 e. The van der Waals surface area contributed by atoms with Crippen LogP contribution in [0.15, 0.2) is 30.3 Å². The normalized spacial score (nSPS) is 22.0. The number of halogens is 6. The van der Waals surface area contributed by atoms with Gasteiger partial charge in [0, 0.05) is 12.3 Å². The molecule has 1 atom stereocenters. The summed E-state index contributed by atoms with van der Waals surface area (Å²) in [5, 5.41) is 0. The SMILES string of the molecule is O=C1CC(c2ccccc2)C1(SC(F)(F)F)SC(F)(F)F. The van der Waals surface area contributed by atoms with E-state index in [0.29, 0.717) is 5.56 Å². The summed E-state index contributed by atoms with van der Waals surface area (Å²) in [6, 6.07) is 7.48. The van der Waals surface area contributed by atoms with Crippen LogP contribution in [0.5, 0.6) is 0 Å². The molecule has 2 rings (SSSR count). The lowest BCUT2D eigenvalue weighted by molar-refractivity contribution is -0.126. The first-order chi connectivity index (χ1) is 9.54. The number of benzene rings is 1. The molecular weight excluding hydrogens is 338 g/mol. The van der Waals surface area contributed by atoms with Gasteiger partial charge in [-0.2, -0.15) is 26.3 Å². The highest BCUT2D eigenvalue weighted by molar-refractivity contribution is 8.20. The third-order valence-corrected chi connectivity index (χ3v) is 5.57. The molecule has 0 N–H and O–H groups in total. The Balaban J connectivity index is 2.39. The Labute approximate surface area is 124 Å². The lowest BCUT2D eigenvalue weighted by Crippen LogP contribution is -2.52. The Morgan fingerprint density at radius 3 is 1.81 bits per heavy atom. The van der Waals surface area contributed by atoms with E-state index in [1.54, 1.807) is 6.07 Å². The van der Waals surface area contributed by atoms with E-state index < -0.39 is 50.3 Å².